The number of aromatic nitrogens is 3. The predicted octanol–water partition coefficient (Wildman–Crippen LogP) is 0.616. The van der Waals surface area contributed by atoms with E-state index >= 15 is 0 Å². The molecule has 1 N–H and O–H groups in total. The summed E-state index contributed by atoms with van der Waals surface area (Å²) in [5, 5.41) is 11.2. The zero-order valence-corrected chi connectivity index (χ0v) is 14.7. The molecule has 1 aliphatic heterocycles. The zero-order chi connectivity index (χ0) is 17.5. The fourth-order valence-corrected chi connectivity index (χ4v) is 3.79. The Bertz CT molecular complexity index is 874. The molecule has 0 saturated carbocycles. The quantitative estimate of drug-likeness (QED) is 0.871. The summed E-state index contributed by atoms with van der Waals surface area (Å²) >= 11 is 0. The van der Waals surface area contributed by atoms with E-state index < -0.39 is 10.0 Å². The Morgan fingerprint density at radius 2 is 2.08 bits per heavy atom. The van der Waals surface area contributed by atoms with Gasteiger partial charge < -0.3 is 5.32 Å². The normalized spacial score (nSPS) is 19.2. The molecule has 0 unspecified atom stereocenters. The van der Waals surface area contributed by atoms with Crippen LogP contribution in [0.3, 0.4) is 0 Å². The van der Waals surface area contributed by atoms with Crippen LogP contribution < -0.4 is 5.32 Å². The van der Waals surface area contributed by atoms with E-state index in [2.05, 4.69) is 15.5 Å². The Labute approximate surface area is 140 Å². The molecule has 24 heavy (non-hydrogen) atoms. The van der Waals surface area contributed by atoms with Gasteiger partial charge in [0.25, 0.3) is 5.91 Å². The highest BCUT2D eigenvalue weighted by molar-refractivity contribution is 7.88. The van der Waals surface area contributed by atoms with Crippen molar-refractivity contribution in [3.05, 3.63) is 29.7 Å². The average molecular weight is 351 g/mol. The first-order valence-electron chi connectivity index (χ1n) is 7.86. The molecule has 8 nitrogen and oxygen atoms in total. The van der Waals surface area contributed by atoms with Gasteiger partial charge in [-0.05, 0) is 32.4 Å². The summed E-state index contributed by atoms with van der Waals surface area (Å²) in [5.41, 5.74) is 1.17. The summed E-state index contributed by atoms with van der Waals surface area (Å²) in [5.74, 6) is 0.504. The third-order valence-electron chi connectivity index (χ3n) is 4.10. The molecule has 9 heteroatoms. The lowest BCUT2D eigenvalue weighted by atomic mass is 10.1. The van der Waals surface area contributed by atoms with Crippen LogP contribution >= 0.6 is 0 Å². The van der Waals surface area contributed by atoms with Crippen molar-refractivity contribution in [1.82, 2.24) is 24.2 Å². The van der Waals surface area contributed by atoms with Gasteiger partial charge in [-0.3, -0.25) is 9.20 Å². The molecule has 2 aromatic rings. The third kappa shape index (κ3) is 3.27. The van der Waals surface area contributed by atoms with Gasteiger partial charge in [-0.25, -0.2) is 12.7 Å². The van der Waals surface area contributed by atoms with Gasteiger partial charge in [0.2, 0.25) is 10.0 Å². The van der Waals surface area contributed by atoms with Crippen molar-refractivity contribution in [2.45, 2.75) is 32.2 Å². The monoisotopic (exact) mass is 351 g/mol. The van der Waals surface area contributed by atoms with Gasteiger partial charge in [0.05, 0.1) is 11.8 Å². The number of amides is 1. The van der Waals surface area contributed by atoms with E-state index in [4.69, 9.17) is 0 Å². The van der Waals surface area contributed by atoms with Crippen LogP contribution in [0.5, 0.6) is 0 Å². The number of sulfonamides is 1. The second-order valence-electron chi connectivity index (χ2n) is 6.44. The Balaban J connectivity index is 1.91. The van der Waals surface area contributed by atoms with Crippen molar-refractivity contribution in [3.8, 4) is 0 Å². The van der Waals surface area contributed by atoms with E-state index in [0.717, 1.165) is 0 Å². The first-order valence-corrected chi connectivity index (χ1v) is 9.71. The van der Waals surface area contributed by atoms with Crippen LogP contribution in [0.15, 0.2) is 18.3 Å². The maximum absolute atomic E-state index is 12.2. The smallest absolute Gasteiger partial charge is 0.252 e. The van der Waals surface area contributed by atoms with E-state index in [-0.39, 0.29) is 17.9 Å². The maximum atomic E-state index is 12.2. The largest absolute Gasteiger partial charge is 0.350 e. The molecular formula is C15H21N5O3S. The molecule has 0 spiro atoms. The van der Waals surface area contributed by atoms with E-state index in [9.17, 15) is 13.2 Å². The van der Waals surface area contributed by atoms with Gasteiger partial charge in [-0.1, -0.05) is 0 Å². The molecule has 0 radical (unpaired) electrons. The van der Waals surface area contributed by atoms with E-state index in [1.54, 1.807) is 22.7 Å². The van der Waals surface area contributed by atoms with Gasteiger partial charge in [-0.15, -0.1) is 10.2 Å². The molecule has 3 rings (SSSR count). The Kier molecular flexibility index (Phi) is 4.31. The molecule has 1 aliphatic rings. The van der Waals surface area contributed by atoms with Gasteiger partial charge in [0, 0.05) is 31.2 Å². The number of hydrogen-bond acceptors (Lipinski definition) is 5. The van der Waals surface area contributed by atoms with Gasteiger partial charge in [-0.2, -0.15) is 0 Å². The van der Waals surface area contributed by atoms with Crippen molar-refractivity contribution < 1.29 is 13.2 Å². The highest BCUT2D eigenvalue weighted by Crippen LogP contribution is 2.27. The van der Waals surface area contributed by atoms with E-state index in [1.807, 2.05) is 13.8 Å². The van der Waals surface area contributed by atoms with Crippen molar-refractivity contribution in [2.24, 2.45) is 0 Å². The zero-order valence-electron chi connectivity index (χ0n) is 13.9. The van der Waals surface area contributed by atoms with E-state index in [1.165, 1.54) is 10.6 Å². The van der Waals surface area contributed by atoms with Crippen molar-refractivity contribution in [2.75, 3.05) is 19.3 Å². The van der Waals surface area contributed by atoms with E-state index in [0.29, 0.717) is 36.5 Å². The average Bonchev–Trinajstić information content (AvgIpc) is 3.11. The second-order valence-corrected chi connectivity index (χ2v) is 8.42. The molecule has 130 valence electrons. The molecule has 0 aliphatic carbocycles. The van der Waals surface area contributed by atoms with Crippen LogP contribution in [-0.2, 0) is 10.0 Å². The summed E-state index contributed by atoms with van der Waals surface area (Å²) in [7, 11) is -3.20. The highest BCUT2D eigenvalue weighted by Gasteiger charge is 2.32. The van der Waals surface area contributed by atoms with Crippen LogP contribution in [-0.4, -0.2) is 58.6 Å². The maximum Gasteiger partial charge on any atom is 0.252 e. The van der Waals surface area contributed by atoms with Crippen LogP contribution in [0, 0.1) is 0 Å². The van der Waals surface area contributed by atoms with Gasteiger partial charge >= 0.3 is 0 Å². The number of pyridine rings is 1. The number of carbonyl (C=O) groups is 1. The Hall–Kier alpha value is -2.00. The molecule has 1 atom stereocenters. The fourth-order valence-electron chi connectivity index (χ4n) is 2.91. The Morgan fingerprint density at radius 1 is 1.33 bits per heavy atom. The summed E-state index contributed by atoms with van der Waals surface area (Å²) in [6, 6.07) is 3.50. The molecule has 0 aromatic carbocycles. The van der Waals surface area contributed by atoms with Crippen molar-refractivity contribution in [1.29, 1.82) is 0 Å². The lowest BCUT2D eigenvalue weighted by Crippen LogP contribution is -2.30. The molecule has 3 heterocycles. The van der Waals surface area contributed by atoms with Crippen LogP contribution in [0.1, 0.15) is 42.4 Å². The van der Waals surface area contributed by atoms with Crippen LogP contribution in [0.2, 0.25) is 0 Å². The lowest BCUT2D eigenvalue weighted by Gasteiger charge is -2.13. The number of fused-ring (bicyclic) bond motifs is 1. The minimum Gasteiger partial charge on any atom is -0.350 e. The first-order chi connectivity index (χ1) is 11.3. The highest BCUT2D eigenvalue weighted by atomic mass is 32.2. The number of hydrogen-bond donors (Lipinski definition) is 1. The summed E-state index contributed by atoms with van der Waals surface area (Å²) in [4.78, 5) is 12.2. The minimum absolute atomic E-state index is 0.0295. The SMILES string of the molecule is CC(C)NC(=O)c1ccc2nnc([C@H]3CCN(S(C)(=O)=O)C3)n2c1. The van der Waals surface area contributed by atoms with Crippen molar-refractivity contribution in [3.63, 3.8) is 0 Å². The number of carbonyl (C=O) groups excluding carboxylic acids is 1. The number of nitrogens with one attached hydrogen (secondary N) is 1. The fraction of sp³-hybridized carbons (Fsp3) is 0.533. The Morgan fingerprint density at radius 3 is 2.71 bits per heavy atom. The van der Waals surface area contributed by atoms with Crippen LogP contribution in [0.25, 0.3) is 5.65 Å². The molecule has 1 saturated heterocycles. The summed E-state index contributed by atoms with van der Waals surface area (Å²) in [6.45, 7) is 4.67. The predicted molar refractivity (Wildman–Crippen MR) is 89.4 cm³/mol. The minimum atomic E-state index is -3.20. The summed E-state index contributed by atoms with van der Waals surface area (Å²) in [6.07, 6.45) is 3.62. The van der Waals surface area contributed by atoms with Gasteiger partial charge in [0.15, 0.2) is 5.65 Å². The third-order valence-corrected chi connectivity index (χ3v) is 5.37. The molecular weight excluding hydrogens is 330 g/mol. The second kappa shape index (κ2) is 6.14. The van der Waals surface area contributed by atoms with Gasteiger partial charge in [0.1, 0.15) is 5.82 Å². The topological polar surface area (TPSA) is 96.7 Å². The number of nitrogens with zero attached hydrogens (tertiary/aromatic N) is 4. The molecule has 1 fully saturated rings. The van der Waals surface area contributed by atoms with Crippen molar-refractivity contribution >= 4 is 21.6 Å². The molecule has 1 amide bonds. The molecule has 2 aromatic heterocycles. The molecule has 0 bridgehead atoms. The number of rotatable bonds is 4. The standard InChI is InChI=1S/C15H21N5O3S/c1-10(2)16-15(21)12-4-5-13-17-18-14(20(13)9-12)11-6-7-19(8-11)24(3,22)23/h4-5,9-11H,6-8H2,1-3H3,(H,16,21)/t11-/m0/s1. The lowest BCUT2D eigenvalue weighted by molar-refractivity contribution is 0.0942. The summed E-state index contributed by atoms with van der Waals surface area (Å²) < 4.78 is 26.6. The van der Waals surface area contributed by atoms with Crippen LogP contribution in [0.4, 0.5) is 0 Å². The first kappa shape index (κ1) is 16.8.